The monoisotopic (exact) mass is 412 g/mol. The lowest BCUT2D eigenvalue weighted by Crippen LogP contribution is -2.47. The molecule has 0 saturated heterocycles. The van der Waals surface area contributed by atoms with E-state index in [-0.39, 0.29) is 11.8 Å². The topological polar surface area (TPSA) is 103 Å². The third kappa shape index (κ3) is 10.0. The molecule has 166 valence electrons. The Kier molecular flexibility index (Phi) is 11.1. The van der Waals surface area contributed by atoms with Crippen LogP contribution in [0.3, 0.4) is 0 Å². The van der Waals surface area contributed by atoms with Gasteiger partial charge in [-0.2, -0.15) is 0 Å². The van der Waals surface area contributed by atoms with E-state index in [1.807, 2.05) is 32.9 Å². The van der Waals surface area contributed by atoms with Crippen LogP contribution in [0.4, 0.5) is 4.79 Å². The van der Waals surface area contributed by atoms with E-state index in [4.69, 9.17) is 14.2 Å². The Balaban J connectivity index is 4.98. The zero-order chi connectivity index (χ0) is 22.8. The van der Waals surface area contributed by atoms with E-state index < -0.39 is 36.5 Å². The van der Waals surface area contributed by atoms with Crippen LogP contribution in [0.25, 0.3) is 0 Å². The second kappa shape index (κ2) is 12.1. The maximum absolute atomic E-state index is 12.4. The molecule has 1 amide bonds. The van der Waals surface area contributed by atoms with E-state index >= 15 is 0 Å². The van der Waals surface area contributed by atoms with Gasteiger partial charge in [0.15, 0.2) is 0 Å². The number of hydrogen-bond acceptors (Lipinski definition) is 7. The Bertz CT molecular complexity index is 630. The number of hydrogen-bond donors (Lipinski definition) is 2. The Morgan fingerprint density at radius 1 is 1.03 bits per heavy atom. The summed E-state index contributed by atoms with van der Waals surface area (Å²) >= 11 is 0. The molecule has 0 aromatic rings. The molecule has 0 rings (SSSR count). The van der Waals surface area contributed by atoms with Gasteiger partial charge >= 0.3 is 18.0 Å². The first-order valence-corrected chi connectivity index (χ1v) is 9.71. The summed E-state index contributed by atoms with van der Waals surface area (Å²) < 4.78 is 15.3. The fourth-order valence-electron chi connectivity index (χ4n) is 2.34. The summed E-state index contributed by atoms with van der Waals surface area (Å²) in [6, 6.07) is -0.933. The van der Waals surface area contributed by atoms with Crippen LogP contribution in [-0.4, -0.2) is 43.5 Å². The van der Waals surface area contributed by atoms with Gasteiger partial charge in [-0.15, -0.1) is 0 Å². The van der Waals surface area contributed by atoms with Crippen LogP contribution in [0.15, 0.2) is 23.4 Å². The molecule has 0 aliphatic carbocycles. The minimum Gasteiger partial charge on any atom is -0.444 e. The Hall–Kier alpha value is -2.51. The standard InChI is InChI=1S/C21H36N2O6/c1-10-11-15(13(2)3)17(22-9)19(25)28-12-27-18(24)16(14(4)5)23-20(26)29-21(6,7)8/h10-11,13-14,16,22H,12H2,1-9H3,(H,23,26)/b11-10-,17-15+. The molecule has 1 atom stereocenters. The lowest BCUT2D eigenvalue weighted by Gasteiger charge is -2.24. The van der Waals surface area contributed by atoms with Crippen molar-refractivity contribution in [2.75, 3.05) is 13.8 Å². The number of amides is 1. The Labute approximate surface area is 174 Å². The first-order chi connectivity index (χ1) is 13.3. The molecule has 0 aromatic heterocycles. The normalized spacial score (nSPS) is 13.8. The highest BCUT2D eigenvalue weighted by Gasteiger charge is 2.28. The van der Waals surface area contributed by atoms with Gasteiger partial charge in [0.2, 0.25) is 6.79 Å². The van der Waals surface area contributed by atoms with Gasteiger partial charge in [-0.05, 0) is 45.1 Å². The zero-order valence-electron chi connectivity index (χ0n) is 19.0. The highest BCUT2D eigenvalue weighted by atomic mass is 16.7. The number of esters is 2. The average molecular weight is 413 g/mol. The molecule has 29 heavy (non-hydrogen) atoms. The summed E-state index contributed by atoms with van der Waals surface area (Å²) in [5, 5.41) is 5.32. The van der Waals surface area contributed by atoms with Crippen LogP contribution < -0.4 is 10.6 Å². The molecular weight excluding hydrogens is 376 g/mol. The number of alkyl carbamates (subject to hydrolysis) is 1. The molecule has 8 nitrogen and oxygen atoms in total. The van der Waals surface area contributed by atoms with Gasteiger partial charge in [0, 0.05) is 7.05 Å². The first kappa shape index (κ1) is 26.5. The summed E-state index contributed by atoms with van der Waals surface area (Å²) in [5.41, 5.74) is 0.376. The zero-order valence-corrected chi connectivity index (χ0v) is 19.0. The number of carbonyl (C=O) groups excluding carboxylic acids is 3. The molecule has 0 bridgehead atoms. The van der Waals surface area contributed by atoms with Crippen LogP contribution in [0.2, 0.25) is 0 Å². The second-order valence-electron chi connectivity index (χ2n) is 8.12. The van der Waals surface area contributed by atoms with Gasteiger partial charge in [0.25, 0.3) is 0 Å². The molecule has 1 unspecified atom stereocenters. The van der Waals surface area contributed by atoms with E-state index in [1.165, 1.54) is 0 Å². The second-order valence-corrected chi connectivity index (χ2v) is 8.12. The Morgan fingerprint density at radius 2 is 1.62 bits per heavy atom. The third-order valence-corrected chi connectivity index (χ3v) is 3.70. The number of rotatable bonds is 9. The molecule has 0 aliphatic rings. The number of allylic oxidation sites excluding steroid dienone is 3. The Morgan fingerprint density at radius 3 is 2.03 bits per heavy atom. The van der Waals surface area contributed by atoms with Crippen molar-refractivity contribution >= 4 is 18.0 Å². The lowest BCUT2D eigenvalue weighted by molar-refractivity contribution is -0.167. The summed E-state index contributed by atoms with van der Waals surface area (Å²) in [6.07, 6.45) is 2.93. The molecule has 0 saturated carbocycles. The van der Waals surface area contributed by atoms with E-state index in [1.54, 1.807) is 41.7 Å². The van der Waals surface area contributed by atoms with Gasteiger partial charge in [0.1, 0.15) is 17.3 Å². The van der Waals surface area contributed by atoms with Gasteiger partial charge in [0.05, 0.1) is 0 Å². The average Bonchev–Trinajstić information content (AvgIpc) is 2.57. The van der Waals surface area contributed by atoms with Crippen molar-refractivity contribution in [3.05, 3.63) is 23.4 Å². The smallest absolute Gasteiger partial charge is 0.408 e. The van der Waals surface area contributed by atoms with Crippen molar-refractivity contribution in [3.63, 3.8) is 0 Å². The molecule has 0 aliphatic heterocycles. The van der Waals surface area contributed by atoms with E-state index in [9.17, 15) is 14.4 Å². The van der Waals surface area contributed by atoms with Crippen LogP contribution in [0.5, 0.6) is 0 Å². The van der Waals surface area contributed by atoms with E-state index in [0.717, 1.165) is 5.57 Å². The minimum absolute atomic E-state index is 0.0899. The quantitative estimate of drug-likeness (QED) is 0.259. The predicted octanol–water partition coefficient (Wildman–Crippen LogP) is 3.29. The molecule has 0 aromatic carbocycles. The number of likely N-dealkylation sites (N-methyl/N-ethyl adjacent to an activating group) is 1. The predicted molar refractivity (Wildman–Crippen MR) is 111 cm³/mol. The highest BCUT2D eigenvalue weighted by Crippen LogP contribution is 2.16. The summed E-state index contributed by atoms with van der Waals surface area (Å²) in [6.45, 7) is 13.9. The van der Waals surface area contributed by atoms with Crippen molar-refractivity contribution in [3.8, 4) is 0 Å². The van der Waals surface area contributed by atoms with Crippen LogP contribution in [-0.2, 0) is 23.8 Å². The van der Waals surface area contributed by atoms with Gasteiger partial charge in [-0.1, -0.05) is 39.8 Å². The van der Waals surface area contributed by atoms with Gasteiger partial charge < -0.3 is 24.8 Å². The fraction of sp³-hybridized carbons (Fsp3) is 0.667. The van der Waals surface area contributed by atoms with Crippen molar-refractivity contribution in [2.45, 2.75) is 67.0 Å². The summed E-state index contributed by atoms with van der Waals surface area (Å²) in [4.78, 5) is 36.6. The van der Waals surface area contributed by atoms with Crippen molar-refractivity contribution in [2.24, 2.45) is 11.8 Å². The largest absolute Gasteiger partial charge is 0.444 e. The SMILES string of the molecule is C/C=C\C(=C(/NC)C(=O)OCOC(=O)C(NC(=O)OC(C)(C)C)C(C)C)C(C)C. The minimum atomic E-state index is -0.933. The maximum Gasteiger partial charge on any atom is 0.408 e. The molecule has 2 N–H and O–H groups in total. The molecular formula is C21H36N2O6. The number of nitrogens with one attached hydrogen (secondary N) is 2. The first-order valence-electron chi connectivity index (χ1n) is 9.71. The molecule has 0 spiro atoms. The van der Waals surface area contributed by atoms with E-state index in [2.05, 4.69) is 10.6 Å². The van der Waals surface area contributed by atoms with E-state index in [0.29, 0.717) is 5.70 Å². The summed E-state index contributed by atoms with van der Waals surface area (Å²) in [5.74, 6) is -1.51. The van der Waals surface area contributed by atoms with Crippen molar-refractivity contribution < 1.29 is 28.6 Å². The molecule has 0 fully saturated rings. The highest BCUT2D eigenvalue weighted by molar-refractivity contribution is 5.89. The molecule has 8 heteroatoms. The van der Waals surface area contributed by atoms with Gasteiger partial charge in [-0.25, -0.2) is 14.4 Å². The number of ether oxygens (including phenoxy) is 3. The summed E-state index contributed by atoms with van der Waals surface area (Å²) in [7, 11) is 1.62. The van der Waals surface area contributed by atoms with Crippen LogP contribution in [0, 0.1) is 11.8 Å². The fourth-order valence-corrected chi connectivity index (χ4v) is 2.34. The maximum atomic E-state index is 12.4. The van der Waals surface area contributed by atoms with Crippen molar-refractivity contribution in [1.29, 1.82) is 0 Å². The van der Waals surface area contributed by atoms with Gasteiger partial charge in [-0.3, -0.25) is 0 Å². The third-order valence-electron chi connectivity index (χ3n) is 3.70. The van der Waals surface area contributed by atoms with Crippen molar-refractivity contribution in [1.82, 2.24) is 10.6 Å². The molecule has 0 radical (unpaired) electrons. The molecule has 0 heterocycles. The lowest BCUT2D eigenvalue weighted by atomic mass is 10.0. The number of carbonyl (C=O) groups is 3. The van der Waals surface area contributed by atoms with Crippen LogP contribution >= 0.6 is 0 Å². The van der Waals surface area contributed by atoms with Crippen LogP contribution in [0.1, 0.15) is 55.4 Å².